The summed E-state index contributed by atoms with van der Waals surface area (Å²) in [6, 6.07) is 7.83. The van der Waals surface area contributed by atoms with Crippen LogP contribution in [0.15, 0.2) is 29.1 Å². The van der Waals surface area contributed by atoms with E-state index in [-0.39, 0.29) is 26.2 Å². The minimum absolute atomic E-state index is 0.0946. The molecule has 1 N–H and O–H groups in total. The van der Waals surface area contributed by atoms with E-state index in [0.717, 1.165) is 37.6 Å². The van der Waals surface area contributed by atoms with Crippen LogP contribution in [0.25, 0.3) is 9.65 Å². The molecule has 0 atom stereocenters. The Hall–Kier alpha value is -1.32. The Kier molecular flexibility index (Phi) is 3.81. The van der Waals surface area contributed by atoms with Crippen LogP contribution in [0, 0.1) is 11.8 Å². The molecule has 1 aromatic carbocycles. The summed E-state index contributed by atoms with van der Waals surface area (Å²) in [7, 11) is 0. The molecule has 2 aromatic rings. The standard InChI is InChI=1S/C15H17NO3Se/c17-14-12-3-1-2-4-13(12)20-16(14)9-10-5-7-11(8-6-10)15(18)19/h1-4,10-11H,5-9H2,(H,18,19)/t10-,11-. The van der Waals surface area contributed by atoms with Gasteiger partial charge < -0.3 is 0 Å². The van der Waals surface area contributed by atoms with Gasteiger partial charge in [0.1, 0.15) is 0 Å². The van der Waals surface area contributed by atoms with Gasteiger partial charge in [-0.25, -0.2) is 0 Å². The van der Waals surface area contributed by atoms with E-state index in [2.05, 4.69) is 0 Å². The molecule has 106 valence electrons. The van der Waals surface area contributed by atoms with Gasteiger partial charge in [0.15, 0.2) is 0 Å². The summed E-state index contributed by atoms with van der Waals surface area (Å²) in [5, 5.41) is 9.86. The molecule has 4 nitrogen and oxygen atoms in total. The molecular weight excluding hydrogens is 321 g/mol. The Balaban J connectivity index is 1.73. The van der Waals surface area contributed by atoms with Crippen molar-refractivity contribution in [2.24, 2.45) is 11.8 Å². The number of fused-ring (bicyclic) bond motifs is 1. The van der Waals surface area contributed by atoms with Gasteiger partial charge in [0, 0.05) is 0 Å². The number of benzene rings is 1. The van der Waals surface area contributed by atoms with Crippen molar-refractivity contribution in [3.63, 3.8) is 0 Å². The van der Waals surface area contributed by atoms with Gasteiger partial charge in [0.05, 0.1) is 0 Å². The maximum absolute atomic E-state index is 12.3. The Morgan fingerprint density at radius 2 is 1.95 bits per heavy atom. The fourth-order valence-corrected chi connectivity index (χ4v) is 5.27. The number of carboxylic acid groups (broad SMARTS) is 1. The van der Waals surface area contributed by atoms with Crippen molar-refractivity contribution in [2.45, 2.75) is 32.2 Å². The molecule has 1 aliphatic carbocycles. The van der Waals surface area contributed by atoms with Gasteiger partial charge in [-0.1, -0.05) is 0 Å². The topological polar surface area (TPSA) is 59.3 Å². The van der Waals surface area contributed by atoms with Gasteiger partial charge in [-0.15, -0.1) is 0 Å². The molecule has 1 aromatic heterocycles. The Morgan fingerprint density at radius 1 is 1.25 bits per heavy atom. The van der Waals surface area contributed by atoms with Crippen LogP contribution in [-0.2, 0) is 11.3 Å². The average molecular weight is 338 g/mol. The van der Waals surface area contributed by atoms with Gasteiger partial charge in [-0.3, -0.25) is 0 Å². The Bertz CT molecular complexity index is 680. The van der Waals surface area contributed by atoms with Crippen LogP contribution in [0.2, 0.25) is 0 Å². The van der Waals surface area contributed by atoms with Crippen molar-refractivity contribution < 1.29 is 9.90 Å². The van der Waals surface area contributed by atoms with Crippen molar-refractivity contribution in [3.8, 4) is 0 Å². The van der Waals surface area contributed by atoms with Crippen LogP contribution < -0.4 is 5.56 Å². The van der Waals surface area contributed by atoms with E-state index < -0.39 is 5.97 Å². The van der Waals surface area contributed by atoms with Crippen LogP contribution in [-0.4, -0.2) is 29.4 Å². The molecule has 1 aliphatic rings. The zero-order valence-electron chi connectivity index (χ0n) is 11.1. The number of aromatic nitrogens is 1. The van der Waals surface area contributed by atoms with E-state index in [1.807, 2.05) is 27.8 Å². The number of nitrogens with zero attached hydrogens (tertiary/aromatic N) is 1. The second-order valence-electron chi connectivity index (χ2n) is 5.51. The third-order valence-electron chi connectivity index (χ3n) is 4.17. The molecule has 3 rings (SSSR count). The molecule has 0 radical (unpaired) electrons. The second-order valence-corrected chi connectivity index (χ2v) is 7.74. The average Bonchev–Trinajstić information content (AvgIpc) is 2.77. The van der Waals surface area contributed by atoms with Crippen molar-refractivity contribution in [1.29, 1.82) is 0 Å². The van der Waals surface area contributed by atoms with Crippen LogP contribution in [0.1, 0.15) is 25.7 Å². The third-order valence-corrected chi connectivity index (χ3v) is 6.46. The summed E-state index contributed by atoms with van der Waals surface area (Å²) < 4.78 is 3.15. The van der Waals surface area contributed by atoms with Crippen LogP contribution in [0.5, 0.6) is 0 Å². The molecule has 0 bridgehead atoms. The number of aliphatic carboxylic acids is 1. The van der Waals surface area contributed by atoms with E-state index in [4.69, 9.17) is 5.11 Å². The number of rotatable bonds is 3. The monoisotopic (exact) mass is 339 g/mol. The molecule has 1 fully saturated rings. The normalized spacial score (nSPS) is 23.0. The molecule has 1 saturated carbocycles. The molecule has 0 amide bonds. The predicted molar refractivity (Wildman–Crippen MR) is 78.2 cm³/mol. The van der Waals surface area contributed by atoms with Crippen molar-refractivity contribution in [3.05, 3.63) is 34.6 Å². The van der Waals surface area contributed by atoms with Crippen LogP contribution in [0.4, 0.5) is 0 Å². The molecule has 0 unspecified atom stereocenters. The number of carboxylic acids is 1. The summed E-state index contributed by atoms with van der Waals surface area (Å²) in [6.07, 6.45) is 3.35. The first kappa shape index (κ1) is 13.7. The first-order valence-corrected chi connectivity index (χ1v) is 8.59. The Morgan fingerprint density at radius 3 is 2.60 bits per heavy atom. The summed E-state index contributed by atoms with van der Waals surface area (Å²) in [5.41, 5.74) is 0.154. The molecule has 20 heavy (non-hydrogen) atoms. The van der Waals surface area contributed by atoms with E-state index in [1.54, 1.807) is 0 Å². The van der Waals surface area contributed by atoms with Gasteiger partial charge in [0.25, 0.3) is 0 Å². The minimum atomic E-state index is -0.669. The van der Waals surface area contributed by atoms with Crippen molar-refractivity contribution >= 4 is 30.3 Å². The summed E-state index contributed by atoms with van der Waals surface area (Å²) >= 11 is 0.0946. The first-order chi connectivity index (χ1) is 9.65. The predicted octanol–water partition coefficient (Wildman–Crippen LogP) is 1.95. The van der Waals surface area contributed by atoms with Crippen molar-refractivity contribution in [2.75, 3.05) is 0 Å². The summed E-state index contributed by atoms with van der Waals surface area (Å²) in [5.74, 6) is -0.383. The number of carbonyl (C=O) groups is 1. The molecule has 0 spiro atoms. The molecule has 0 saturated heterocycles. The van der Waals surface area contributed by atoms with E-state index >= 15 is 0 Å². The van der Waals surface area contributed by atoms with Gasteiger partial charge in [0.2, 0.25) is 0 Å². The van der Waals surface area contributed by atoms with Crippen LogP contribution >= 0.6 is 0 Å². The van der Waals surface area contributed by atoms with E-state index in [1.165, 1.54) is 4.26 Å². The first-order valence-electron chi connectivity index (χ1n) is 6.97. The molecule has 5 heteroatoms. The summed E-state index contributed by atoms with van der Waals surface area (Å²) in [4.78, 5) is 23.2. The van der Waals surface area contributed by atoms with Gasteiger partial charge in [-0.05, 0) is 0 Å². The zero-order valence-corrected chi connectivity index (χ0v) is 12.8. The fraction of sp³-hybridized carbons (Fsp3) is 0.467. The summed E-state index contributed by atoms with van der Waals surface area (Å²) in [6.45, 7) is 0.792. The molecule has 0 aliphatic heterocycles. The number of hydrogen-bond acceptors (Lipinski definition) is 2. The van der Waals surface area contributed by atoms with Crippen molar-refractivity contribution in [1.82, 2.24) is 3.56 Å². The molecular formula is C15H17NO3Se. The number of hydrogen-bond donors (Lipinski definition) is 1. The third kappa shape index (κ3) is 2.60. The van der Waals surface area contributed by atoms with Gasteiger partial charge in [-0.2, -0.15) is 0 Å². The maximum atomic E-state index is 12.3. The molecule has 1 heterocycles. The van der Waals surface area contributed by atoms with Crippen LogP contribution in [0.3, 0.4) is 0 Å². The van der Waals surface area contributed by atoms with E-state index in [9.17, 15) is 9.59 Å². The zero-order chi connectivity index (χ0) is 14.1. The second kappa shape index (κ2) is 5.58. The Labute approximate surface area is 123 Å². The van der Waals surface area contributed by atoms with Gasteiger partial charge >= 0.3 is 122 Å². The quantitative estimate of drug-likeness (QED) is 0.871. The fourth-order valence-electron chi connectivity index (χ4n) is 2.96. The SMILES string of the molecule is O=c1c2ccccc2[se]n1C[C@H]1CC[C@H](C(=O)O)CC1. The van der Waals surface area contributed by atoms with E-state index in [0.29, 0.717) is 5.92 Å².